The second-order valence-corrected chi connectivity index (χ2v) is 28.2. The van der Waals surface area contributed by atoms with Crippen molar-refractivity contribution >= 4 is 46.5 Å². The predicted octanol–water partition coefficient (Wildman–Crippen LogP) is 12.2. The summed E-state index contributed by atoms with van der Waals surface area (Å²) in [6.07, 6.45) is 5.25. The third kappa shape index (κ3) is 6.02. The Balaban J connectivity index is 1.23. The molecule has 0 N–H and O–H groups in total. The van der Waals surface area contributed by atoms with Crippen molar-refractivity contribution in [3.8, 4) is 33.4 Å². The van der Waals surface area contributed by atoms with Crippen molar-refractivity contribution in [3.63, 3.8) is 0 Å². The molecule has 2 heteroatoms. The molecule has 1 heterocycles. The van der Waals surface area contributed by atoms with Gasteiger partial charge < -0.3 is 0 Å². The van der Waals surface area contributed by atoms with Crippen molar-refractivity contribution in [2.24, 2.45) is 0 Å². The van der Waals surface area contributed by atoms with Crippen LogP contribution in [0.4, 0.5) is 0 Å². The Morgan fingerprint density at radius 3 is 1.37 bits per heavy atom. The van der Waals surface area contributed by atoms with E-state index in [-0.39, 0.29) is 0 Å². The molecule has 2 aliphatic carbocycles. The zero-order chi connectivity index (χ0) is 40.5. The van der Waals surface area contributed by atoms with Crippen molar-refractivity contribution < 1.29 is 21.4 Å². The van der Waals surface area contributed by atoms with Crippen molar-refractivity contribution in [2.75, 3.05) is 0 Å². The van der Waals surface area contributed by atoms with E-state index in [9.17, 15) is 0 Å². The van der Waals surface area contributed by atoms with E-state index in [4.69, 9.17) is 0 Å². The summed E-state index contributed by atoms with van der Waals surface area (Å²) in [6.45, 7) is 9.11. The summed E-state index contributed by atoms with van der Waals surface area (Å²) in [5.41, 5.74) is 25.4. The number of fused-ring (bicyclic) bond motifs is 5. The first-order chi connectivity index (χ1) is 29.5. The first-order valence-electron chi connectivity index (χ1n) is 21.5. The molecule has 11 rings (SSSR count). The van der Waals surface area contributed by atoms with Gasteiger partial charge in [-0.15, -0.1) is 0 Å². The summed E-state index contributed by atoms with van der Waals surface area (Å²) in [5, 5.41) is 3.30. The van der Waals surface area contributed by atoms with Gasteiger partial charge in [-0.1, -0.05) is 0 Å². The molecular formula is C58H47HfSi. The Bertz CT molecular complexity index is 2900. The van der Waals surface area contributed by atoms with Gasteiger partial charge in [0.2, 0.25) is 0 Å². The molecule has 0 amide bonds. The fourth-order valence-corrected chi connectivity index (χ4v) is 29.9. The number of benzene rings is 8. The summed E-state index contributed by atoms with van der Waals surface area (Å²) in [6, 6.07) is 67.8. The van der Waals surface area contributed by atoms with Crippen molar-refractivity contribution in [2.45, 2.75) is 35.0 Å². The quantitative estimate of drug-likeness (QED) is 0.140. The molecule has 0 spiro atoms. The summed E-state index contributed by atoms with van der Waals surface area (Å²) < 4.78 is 2.36. The third-order valence-electron chi connectivity index (χ3n) is 13.9. The van der Waals surface area contributed by atoms with Gasteiger partial charge in [0.1, 0.15) is 0 Å². The van der Waals surface area contributed by atoms with E-state index in [2.05, 4.69) is 216 Å². The fraction of sp³-hybridized carbons (Fsp3) is 0.103. The number of rotatable bonds is 7. The number of allylic oxidation sites excluding steroid dienone is 2. The van der Waals surface area contributed by atoms with Gasteiger partial charge in [-0.2, -0.15) is 0 Å². The minimum atomic E-state index is -3.40. The maximum atomic E-state index is 2.63. The monoisotopic (exact) mass is 951 g/mol. The first kappa shape index (κ1) is 37.3. The Labute approximate surface area is 365 Å². The Hall–Kier alpha value is -5.67. The number of hydrogen-bond acceptors (Lipinski definition) is 0. The first-order valence-corrected chi connectivity index (χ1v) is 28.8. The van der Waals surface area contributed by atoms with Crippen molar-refractivity contribution in [3.05, 3.63) is 232 Å². The summed E-state index contributed by atoms with van der Waals surface area (Å²) in [7, 11) is -0.701. The van der Waals surface area contributed by atoms with Crippen LogP contribution in [0.15, 0.2) is 176 Å². The average Bonchev–Trinajstić information content (AvgIpc) is 3.99. The van der Waals surface area contributed by atoms with Gasteiger partial charge in [-0.05, 0) is 0 Å². The average molecular weight is 951 g/mol. The molecule has 0 nitrogen and oxygen atoms in total. The summed E-state index contributed by atoms with van der Waals surface area (Å²) in [4.78, 5) is 0. The molecule has 0 bridgehead atoms. The van der Waals surface area contributed by atoms with Crippen LogP contribution in [0.3, 0.4) is 0 Å². The van der Waals surface area contributed by atoms with Crippen LogP contribution in [-0.4, -0.2) is 9.52 Å². The van der Waals surface area contributed by atoms with Crippen LogP contribution in [0.25, 0.3) is 56.7 Å². The number of aryl methyl sites for hydroxylation is 2. The van der Waals surface area contributed by atoms with Crippen LogP contribution in [0.1, 0.15) is 63.0 Å². The van der Waals surface area contributed by atoms with Gasteiger partial charge in [0.15, 0.2) is 0 Å². The van der Waals surface area contributed by atoms with Gasteiger partial charge in [-0.25, -0.2) is 0 Å². The van der Waals surface area contributed by atoms with Crippen LogP contribution >= 0.6 is 0 Å². The van der Waals surface area contributed by atoms with E-state index in [0.717, 1.165) is 0 Å². The molecule has 8 aromatic rings. The van der Waals surface area contributed by atoms with Gasteiger partial charge in [0.05, 0.1) is 0 Å². The molecule has 287 valence electrons. The Morgan fingerprint density at radius 2 is 0.817 bits per heavy atom. The normalized spacial score (nSPS) is 16.2. The van der Waals surface area contributed by atoms with E-state index in [1.165, 1.54) is 100 Å². The third-order valence-corrected chi connectivity index (χ3v) is 30.2. The van der Waals surface area contributed by atoms with E-state index in [1.807, 2.05) is 0 Å². The molecule has 0 fully saturated rings. The van der Waals surface area contributed by atoms with E-state index < -0.39 is 31.0 Å². The SMILES string of the molecule is Cc1cccc(-c2cccc3c2C=C(c2ccccc2)[CH]3[Hf]([c]2cccc3c2[SiH2]c2ccccc2-3)[CH]2C(c3ccccc3)=Cc3c(-c4cccc(C)c4C)cccc32)c1C. The second-order valence-electron chi connectivity index (χ2n) is 17.0. The van der Waals surface area contributed by atoms with Crippen LogP contribution in [0.2, 0.25) is 0 Å². The molecule has 0 saturated carbocycles. The van der Waals surface area contributed by atoms with E-state index in [0.29, 0.717) is 7.35 Å². The zero-order valence-electron chi connectivity index (χ0n) is 34.8. The molecule has 0 aromatic heterocycles. The summed E-state index contributed by atoms with van der Waals surface area (Å²) in [5.74, 6) is 0. The van der Waals surface area contributed by atoms with Gasteiger partial charge in [0, 0.05) is 0 Å². The summed E-state index contributed by atoms with van der Waals surface area (Å²) >= 11 is -3.40. The molecule has 60 heavy (non-hydrogen) atoms. The molecule has 8 aromatic carbocycles. The Kier molecular flexibility index (Phi) is 9.40. The fourth-order valence-electron chi connectivity index (χ4n) is 10.7. The van der Waals surface area contributed by atoms with Crippen molar-refractivity contribution in [1.82, 2.24) is 0 Å². The van der Waals surface area contributed by atoms with Gasteiger partial charge in [-0.3, -0.25) is 0 Å². The predicted molar refractivity (Wildman–Crippen MR) is 256 cm³/mol. The molecule has 2 atom stereocenters. The van der Waals surface area contributed by atoms with Gasteiger partial charge >= 0.3 is 368 Å². The molecule has 0 radical (unpaired) electrons. The van der Waals surface area contributed by atoms with Gasteiger partial charge in [0.25, 0.3) is 0 Å². The van der Waals surface area contributed by atoms with E-state index >= 15 is 0 Å². The molecule has 3 aliphatic rings. The second kappa shape index (κ2) is 15.1. The molecule has 2 unspecified atom stereocenters. The van der Waals surface area contributed by atoms with E-state index in [1.54, 1.807) is 13.7 Å². The van der Waals surface area contributed by atoms with Crippen LogP contribution in [-0.2, 0) is 21.4 Å². The molecule has 1 aliphatic heterocycles. The van der Waals surface area contributed by atoms with Crippen molar-refractivity contribution in [1.29, 1.82) is 0 Å². The maximum absolute atomic E-state index is 3.40. The minimum absolute atomic E-state index is 0.314. The standard InChI is InChI=1S/2C23H19.C12H9Si.Hf/c2*1-16-8-6-12-21(17(16)2)22-13-7-11-19-14-20(15-23(19)22)18-9-4-3-5-10-18;1-3-7-11-9(5-1)10-6-2-4-8-12(10)13-11;/h2*3-15H,1-2H3;1-7H,13H2;. The van der Waals surface area contributed by atoms with Crippen LogP contribution < -0.4 is 13.7 Å². The molecule has 0 saturated heterocycles. The number of hydrogen-bond donors (Lipinski definition) is 0. The van der Waals surface area contributed by atoms with Crippen LogP contribution in [0.5, 0.6) is 0 Å². The van der Waals surface area contributed by atoms with Crippen LogP contribution in [0, 0.1) is 27.7 Å². The Morgan fingerprint density at radius 1 is 0.383 bits per heavy atom. The topological polar surface area (TPSA) is 0 Å². The molecular weight excluding hydrogens is 903 g/mol. The zero-order valence-corrected chi connectivity index (χ0v) is 39.8.